The predicted octanol–water partition coefficient (Wildman–Crippen LogP) is 0.583. The first-order valence-corrected chi connectivity index (χ1v) is 3.25. The highest BCUT2D eigenvalue weighted by Gasteiger charge is 2.27. The van der Waals surface area contributed by atoms with Gasteiger partial charge in [0.1, 0.15) is 17.9 Å². The van der Waals surface area contributed by atoms with Crippen LogP contribution in [0.2, 0.25) is 0 Å². The summed E-state index contributed by atoms with van der Waals surface area (Å²) in [6, 6.07) is -1.71. The Morgan fingerprint density at radius 2 is 2.31 bits per heavy atom. The van der Waals surface area contributed by atoms with Crippen LogP contribution in [0.5, 0.6) is 0 Å². The molecule has 0 aromatic carbocycles. The first kappa shape index (κ1) is 9.52. The smallest absolute Gasteiger partial charge is 0.311 e. The van der Waals surface area contributed by atoms with Crippen molar-refractivity contribution in [1.29, 1.82) is 0 Å². The molecule has 0 amide bonds. The van der Waals surface area contributed by atoms with Crippen LogP contribution in [0.1, 0.15) is 11.7 Å². The number of nitrogens with zero attached hydrogens (tertiary/aromatic N) is 2. The van der Waals surface area contributed by atoms with Crippen LogP contribution in [0.3, 0.4) is 0 Å². The minimum atomic E-state index is -2.86. The van der Waals surface area contributed by atoms with Gasteiger partial charge in [0.15, 0.2) is 0 Å². The van der Waals surface area contributed by atoms with Crippen LogP contribution < -0.4 is 5.73 Å². The van der Waals surface area contributed by atoms with E-state index < -0.39 is 23.1 Å². The number of H-pyrrole nitrogens is 1. The SMILES string of the molecule is NC(c1[nH]ncc1[N+](=O)[O-])C(F)F. The molecule has 1 unspecified atom stereocenters. The highest BCUT2D eigenvalue weighted by molar-refractivity contribution is 5.34. The van der Waals surface area contributed by atoms with Gasteiger partial charge in [-0.2, -0.15) is 5.10 Å². The number of rotatable bonds is 3. The van der Waals surface area contributed by atoms with Gasteiger partial charge in [0.25, 0.3) is 6.43 Å². The summed E-state index contributed by atoms with van der Waals surface area (Å²) in [5.41, 5.74) is 4.11. The highest BCUT2D eigenvalue weighted by Crippen LogP contribution is 2.24. The van der Waals surface area contributed by atoms with Crippen molar-refractivity contribution < 1.29 is 13.7 Å². The van der Waals surface area contributed by atoms with Crippen LogP contribution in [-0.4, -0.2) is 21.5 Å². The van der Waals surface area contributed by atoms with Gasteiger partial charge in [-0.1, -0.05) is 0 Å². The fourth-order valence-corrected chi connectivity index (χ4v) is 0.807. The van der Waals surface area contributed by atoms with Gasteiger partial charge in [-0.25, -0.2) is 8.78 Å². The standard InChI is InChI=1S/C5H6F2N4O2/c6-5(7)3(8)4-2(11(12)13)1-9-10-4/h1,3,5H,8H2,(H,9,10). The largest absolute Gasteiger partial charge is 0.318 e. The molecule has 1 aromatic rings. The predicted molar refractivity (Wildman–Crippen MR) is 38.2 cm³/mol. The van der Waals surface area contributed by atoms with E-state index in [2.05, 4.69) is 10.2 Å². The Labute approximate surface area is 70.9 Å². The Bertz CT molecular complexity index is 313. The third-order valence-electron chi connectivity index (χ3n) is 1.45. The van der Waals surface area contributed by atoms with Crippen molar-refractivity contribution in [2.75, 3.05) is 0 Å². The summed E-state index contributed by atoms with van der Waals surface area (Å²) in [7, 11) is 0. The van der Waals surface area contributed by atoms with Crippen LogP contribution in [-0.2, 0) is 0 Å². The van der Waals surface area contributed by atoms with E-state index in [0.29, 0.717) is 0 Å². The minimum absolute atomic E-state index is 0.361. The molecule has 0 aliphatic heterocycles. The molecule has 0 aliphatic rings. The Kier molecular flexibility index (Phi) is 2.52. The molecule has 72 valence electrons. The Balaban J connectivity index is 3.00. The number of halogens is 2. The van der Waals surface area contributed by atoms with Crippen LogP contribution in [0.15, 0.2) is 6.20 Å². The molecule has 13 heavy (non-hydrogen) atoms. The second kappa shape index (κ2) is 3.44. The first-order chi connectivity index (χ1) is 6.04. The van der Waals surface area contributed by atoms with E-state index in [4.69, 9.17) is 5.73 Å². The molecule has 0 spiro atoms. The quantitative estimate of drug-likeness (QED) is 0.540. The van der Waals surface area contributed by atoms with Crippen LogP contribution in [0, 0.1) is 10.1 Å². The van der Waals surface area contributed by atoms with Gasteiger partial charge in [-0.05, 0) is 0 Å². The van der Waals surface area contributed by atoms with E-state index in [9.17, 15) is 18.9 Å². The van der Waals surface area contributed by atoms with Crippen molar-refractivity contribution in [2.24, 2.45) is 5.73 Å². The number of hydrogen-bond acceptors (Lipinski definition) is 4. The normalized spacial score (nSPS) is 13.2. The van der Waals surface area contributed by atoms with E-state index in [1.165, 1.54) is 0 Å². The molecule has 1 heterocycles. The average Bonchev–Trinajstić information content (AvgIpc) is 2.50. The third-order valence-corrected chi connectivity index (χ3v) is 1.45. The lowest BCUT2D eigenvalue weighted by Gasteiger charge is -2.06. The summed E-state index contributed by atoms with van der Waals surface area (Å²) in [4.78, 5) is 9.44. The number of aromatic nitrogens is 2. The summed E-state index contributed by atoms with van der Waals surface area (Å²) in [5, 5.41) is 15.6. The average molecular weight is 192 g/mol. The fourth-order valence-electron chi connectivity index (χ4n) is 0.807. The second-order valence-corrected chi connectivity index (χ2v) is 2.29. The molecule has 0 saturated carbocycles. The van der Waals surface area contributed by atoms with Crippen molar-refractivity contribution in [3.05, 3.63) is 22.0 Å². The molecule has 8 heteroatoms. The zero-order valence-corrected chi connectivity index (χ0v) is 6.28. The van der Waals surface area contributed by atoms with Gasteiger partial charge >= 0.3 is 5.69 Å². The summed E-state index contributed by atoms with van der Waals surface area (Å²) in [6.07, 6.45) is -2.02. The van der Waals surface area contributed by atoms with E-state index in [1.54, 1.807) is 0 Å². The number of hydrogen-bond donors (Lipinski definition) is 2. The molecule has 0 radical (unpaired) electrons. The van der Waals surface area contributed by atoms with Crippen molar-refractivity contribution in [1.82, 2.24) is 10.2 Å². The lowest BCUT2D eigenvalue weighted by Crippen LogP contribution is -2.20. The number of nitrogens with two attached hydrogens (primary N) is 1. The van der Waals surface area contributed by atoms with Crippen LogP contribution in [0.25, 0.3) is 0 Å². The fraction of sp³-hybridized carbons (Fsp3) is 0.400. The summed E-state index contributed by atoms with van der Waals surface area (Å²) in [6.45, 7) is 0. The molecule has 1 rings (SSSR count). The molecule has 0 aliphatic carbocycles. The van der Waals surface area contributed by atoms with E-state index in [0.717, 1.165) is 6.20 Å². The number of nitrogens with one attached hydrogen (secondary N) is 1. The molecule has 3 N–H and O–H groups in total. The van der Waals surface area contributed by atoms with Crippen LogP contribution in [0.4, 0.5) is 14.5 Å². The van der Waals surface area contributed by atoms with E-state index in [1.807, 2.05) is 0 Å². The van der Waals surface area contributed by atoms with Crippen molar-refractivity contribution in [3.8, 4) is 0 Å². The number of nitro groups is 1. The molecule has 1 atom stereocenters. The van der Waals surface area contributed by atoms with E-state index >= 15 is 0 Å². The Morgan fingerprint density at radius 1 is 1.69 bits per heavy atom. The summed E-state index contributed by atoms with van der Waals surface area (Å²) in [5.74, 6) is 0. The lowest BCUT2D eigenvalue weighted by atomic mass is 10.2. The molecule has 1 aromatic heterocycles. The summed E-state index contributed by atoms with van der Waals surface area (Å²) < 4.78 is 24.1. The number of aromatic amines is 1. The lowest BCUT2D eigenvalue weighted by molar-refractivity contribution is -0.385. The molecular formula is C5H6F2N4O2. The van der Waals surface area contributed by atoms with E-state index in [-0.39, 0.29) is 5.69 Å². The van der Waals surface area contributed by atoms with Crippen molar-refractivity contribution in [3.63, 3.8) is 0 Å². The Hall–Kier alpha value is -1.57. The van der Waals surface area contributed by atoms with Gasteiger partial charge in [0.05, 0.1) is 4.92 Å². The monoisotopic (exact) mass is 192 g/mol. The Morgan fingerprint density at radius 3 is 2.77 bits per heavy atom. The van der Waals surface area contributed by atoms with Gasteiger partial charge < -0.3 is 5.73 Å². The molecular weight excluding hydrogens is 186 g/mol. The number of alkyl halides is 2. The maximum absolute atomic E-state index is 12.0. The summed E-state index contributed by atoms with van der Waals surface area (Å²) >= 11 is 0. The zero-order chi connectivity index (χ0) is 10.0. The molecule has 0 bridgehead atoms. The van der Waals surface area contributed by atoms with Gasteiger partial charge in [-0.15, -0.1) is 0 Å². The highest BCUT2D eigenvalue weighted by atomic mass is 19.3. The molecule has 0 fully saturated rings. The van der Waals surface area contributed by atoms with Gasteiger partial charge in [0.2, 0.25) is 0 Å². The topological polar surface area (TPSA) is 97.8 Å². The van der Waals surface area contributed by atoms with Gasteiger partial charge in [-0.3, -0.25) is 15.2 Å². The first-order valence-electron chi connectivity index (χ1n) is 3.25. The minimum Gasteiger partial charge on any atom is -0.318 e. The maximum Gasteiger partial charge on any atom is 0.311 e. The van der Waals surface area contributed by atoms with Crippen molar-refractivity contribution >= 4 is 5.69 Å². The van der Waals surface area contributed by atoms with Gasteiger partial charge in [0, 0.05) is 0 Å². The maximum atomic E-state index is 12.0. The molecule has 0 saturated heterocycles. The second-order valence-electron chi connectivity index (χ2n) is 2.29. The molecule has 6 nitrogen and oxygen atoms in total. The third kappa shape index (κ3) is 1.78. The van der Waals surface area contributed by atoms with Crippen LogP contribution >= 0.6 is 0 Å². The zero-order valence-electron chi connectivity index (χ0n) is 6.28. The van der Waals surface area contributed by atoms with Crippen molar-refractivity contribution in [2.45, 2.75) is 12.5 Å².